The molecule has 2 N–H and O–H groups in total. The van der Waals surface area contributed by atoms with Gasteiger partial charge in [-0.1, -0.05) is 23.2 Å². The van der Waals surface area contributed by atoms with Crippen molar-refractivity contribution in [2.75, 3.05) is 6.54 Å². The van der Waals surface area contributed by atoms with Gasteiger partial charge in [-0.05, 0) is 30.4 Å². The smallest absolute Gasteiger partial charge is 0.337 e. The van der Waals surface area contributed by atoms with E-state index < -0.39 is 38.5 Å². The van der Waals surface area contributed by atoms with E-state index in [2.05, 4.69) is 0 Å². The lowest BCUT2D eigenvalue weighted by atomic mass is 10.2. The summed E-state index contributed by atoms with van der Waals surface area (Å²) in [5, 5.41) is 17.9. The molecule has 3 rings (SSSR count). The first-order chi connectivity index (χ1) is 10.6. The van der Waals surface area contributed by atoms with E-state index in [4.69, 9.17) is 28.3 Å². The Labute approximate surface area is 141 Å². The van der Waals surface area contributed by atoms with Crippen LogP contribution in [-0.2, 0) is 14.8 Å². The summed E-state index contributed by atoms with van der Waals surface area (Å²) >= 11 is 11.7. The molecule has 1 saturated heterocycles. The highest BCUT2D eigenvalue weighted by Gasteiger charge is 2.59. The van der Waals surface area contributed by atoms with Crippen LogP contribution in [-0.4, -0.2) is 47.5 Å². The molecule has 0 spiro atoms. The Morgan fingerprint density at radius 3 is 2.39 bits per heavy atom. The number of carboxylic acid groups (broad SMARTS) is 2. The zero-order valence-electron chi connectivity index (χ0n) is 11.4. The van der Waals surface area contributed by atoms with E-state index in [1.807, 2.05) is 0 Å². The van der Waals surface area contributed by atoms with Gasteiger partial charge in [0.1, 0.15) is 10.9 Å². The Morgan fingerprint density at radius 2 is 1.83 bits per heavy atom. The molecule has 124 valence electrons. The molecule has 1 aliphatic carbocycles. The highest BCUT2D eigenvalue weighted by Crippen LogP contribution is 2.51. The topological polar surface area (TPSA) is 112 Å². The number of nitrogens with zero attached hydrogens (tertiary/aromatic N) is 1. The molecular formula is C13H11Cl2NO6S. The summed E-state index contributed by atoms with van der Waals surface area (Å²) in [6.45, 7) is 0.0886. The van der Waals surface area contributed by atoms with E-state index >= 15 is 0 Å². The summed E-state index contributed by atoms with van der Waals surface area (Å²) in [4.78, 5) is 22.1. The van der Waals surface area contributed by atoms with E-state index in [1.54, 1.807) is 0 Å². The monoisotopic (exact) mass is 379 g/mol. The van der Waals surface area contributed by atoms with Crippen LogP contribution in [0.5, 0.6) is 0 Å². The van der Waals surface area contributed by atoms with Crippen LogP contribution >= 0.6 is 23.2 Å². The van der Waals surface area contributed by atoms with Gasteiger partial charge in [-0.3, -0.25) is 4.79 Å². The molecular weight excluding hydrogens is 369 g/mol. The van der Waals surface area contributed by atoms with Crippen LogP contribution in [0.15, 0.2) is 17.0 Å². The lowest BCUT2D eigenvalue weighted by Gasteiger charge is -2.24. The van der Waals surface area contributed by atoms with Gasteiger partial charge in [-0.2, -0.15) is 4.31 Å². The van der Waals surface area contributed by atoms with E-state index in [9.17, 15) is 23.1 Å². The SMILES string of the molecule is O=C(O)c1cc(S(=O)(=O)N2C[C@@H]3C[C@@H]3[C@@H]2C(=O)O)c(Cl)cc1Cl. The van der Waals surface area contributed by atoms with Gasteiger partial charge >= 0.3 is 11.9 Å². The second kappa shape index (κ2) is 5.34. The number of fused-ring (bicyclic) bond motifs is 1. The summed E-state index contributed by atoms with van der Waals surface area (Å²) in [5.74, 6) is -2.80. The molecule has 0 aromatic heterocycles. The molecule has 23 heavy (non-hydrogen) atoms. The Kier molecular flexibility index (Phi) is 3.83. The average Bonchev–Trinajstić information content (AvgIpc) is 3.07. The molecule has 1 saturated carbocycles. The molecule has 1 aliphatic heterocycles. The van der Waals surface area contributed by atoms with Gasteiger partial charge in [0.15, 0.2) is 0 Å². The molecule has 1 aromatic carbocycles. The third-order valence-electron chi connectivity index (χ3n) is 4.20. The van der Waals surface area contributed by atoms with Gasteiger partial charge < -0.3 is 10.2 Å². The number of sulfonamides is 1. The Balaban J connectivity index is 2.08. The van der Waals surface area contributed by atoms with Gasteiger partial charge in [-0.15, -0.1) is 0 Å². The number of hydrogen-bond acceptors (Lipinski definition) is 4. The molecule has 1 heterocycles. The second-order valence-electron chi connectivity index (χ2n) is 5.59. The van der Waals surface area contributed by atoms with Crippen LogP contribution in [0, 0.1) is 11.8 Å². The summed E-state index contributed by atoms with van der Waals surface area (Å²) in [7, 11) is -4.24. The van der Waals surface area contributed by atoms with E-state index in [0.29, 0.717) is 6.42 Å². The van der Waals surface area contributed by atoms with Crippen LogP contribution in [0.3, 0.4) is 0 Å². The number of benzene rings is 1. The number of piperidine rings is 1. The first-order valence-electron chi connectivity index (χ1n) is 6.61. The number of hydrogen-bond donors (Lipinski definition) is 2. The fourth-order valence-electron chi connectivity index (χ4n) is 3.00. The molecule has 0 amide bonds. The van der Waals surface area contributed by atoms with Crippen molar-refractivity contribution < 1.29 is 28.2 Å². The summed E-state index contributed by atoms with van der Waals surface area (Å²) in [6.07, 6.45) is 0.678. The number of aromatic carboxylic acids is 1. The second-order valence-corrected chi connectivity index (χ2v) is 8.26. The van der Waals surface area contributed by atoms with Crippen molar-refractivity contribution in [2.24, 2.45) is 11.8 Å². The predicted molar refractivity (Wildman–Crippen MR) is 80.3 cm³/mol. The minimum absolute atomic E-state index is 0.0240. The summed E-state index contributed by atoms with van der Waals surface area (Å²) in [5.41, 5.74) is -0.411. The fraction of sp³-hybridized carbons (Fsp3) is 0.385. The predicted octanol–water partition coefficient (Wildman–Crippen LogP) is 1.79. The van der Waals surface area contributed by atoms with E-state index in [-0.39, 0.29) is 28.4 Å². The highest BCUT2D eigenvalue weighted by atomic mass is 35.5. The maximum Gasteiger partial charge on any atom is 0.337 e. The molecule has 2 aliphatic rings. The van der Waals surface area contributed by atoms with Crippen molar-refractivity contribution in [1.29, 1.82) is 0 Å². The maximum atomic E-state index is 12.8. The molecule has 0 unspecified atom stereocenters. The Hall–Kier alpha value is -1.35. The lowest BCUT2D eigenvalue weighted by molar-refractivity contribution is -0.141. The van der Waals surface area contributed by atoms with Crippen molar-refractivity contribution in [2.45, 2.75) is 17.4 Å². The van der Waals surface area contributed by atoms with Gasteiger partial charge in [0.05, 0.1) is 15.6 Å². The van der Waals surface area contributed by atoms with Crippen molar-refractivity contribution in [1.82, 2.24) is 4.31 Å². The quantitative estimate of drug-likeness (QED) is 0.824. The zero-order chi connectivity index (χ0) is 17.1. The minimum Gasteiger partial charge on any atom is -0.480 e. The van der Waals surface area contributed by atoms with Gasteiger partial charge in [0, 0.05) is 6.54 Å². The third-order valence-corrected chi connectivity index (χ3v) is 6.82. The van der Waals surface area contributed by atoms with Gasteiger partial charge in [0.2, 0.25) is 10.0 Å². The summed E-state index contributed by atoms with van der Waals surface area (Å²) < 4.78 is 26.4. The fourth-order valence-corrected chi connectivity index (χ4v) is 5.51. The van der Waals surface area contributed by atoms with Crippen LogP contribution in [0.1, 0.15) is 16.8 Å². The van der Waals surface area contributed by atoms with Gasteiger partial charge in [0.25, 0.3) is 0 Å². The van der Waals surface area contributed by atoms with Crippen molar-refractivity contribution in [3.8, 4) is 0 Å². The maximum absolute atomic E-state index is 12.8. The van der Waals surface area contributed by atoms with Crippen LogP contribution < -0.4 is 0 Å². The van der Waals surface area contributed by atoms with Crippen molar-refractivity contribution in [3.05, 3.63) is 27.7 Å². The molecule has 0 bridgehead atoms. The molecule has 7 nitrogen and oxygen atoms in total. The normalized spacial score (nSPS) is 26.8. The lowest BCUT2D eigenvalue weighted by Crippen LogP contribution is -2.43. The van der Waals surface area contributed by atoms with Crippen molar-refractivity contribution in [3.63, 3.8) is 0 Å². The number of carbonyl (C=O) groups is 2. The van der Waals surface area contributed by atoms with Gasteiger partial charge in [-0.25, -0.2) is 13.2 Å². The molecule has 0 radical (unpaired) electrons. The largest absolute Gasteiger partial charge is 0.480 e. The zero-order valence-corrected chi connectivity index (χ0v) is 13.8. The molecule has 1 aromatic rings. The Bertz CT molecular complexity index is 824. The Morgan fingerprint density at radius 1 is 1.17 bits per heavy atom. The van der Waals surface area contributed by atoms with Crippen LogP contribution in [0.4, 0.5) is 0 Å². The first-order valence-corrected chi connectivity index (χ1v) is 8.81. The number of carboxylic acids is 2. The summed E-state index contributed by atoms with van der Waals surface area (Å²) in [6, 6.07) is 0.752. The minimum atomic E-state index is -4.24. The number of halogens is 2. The highest BCUT2D eigenvalue weighted by molar-refractivity contribution is 7.89. The molecule has 2 fully saturated rings. The van der Waals surface area contributed by atoms with Crippen LogP contribution in [0.25, 0.3) is 0 Å². The third kappa shape index (κ3) is 2.59. The molecule has 3 atom stereocenters. The van der Waals surface area contributed by atoms with Crippen molar-refractivity contribution >= 4 is 45.2 Å². The van der Waals surface area contributed by atoms with Crippen LogP contribution in [0.2, 0.25) is 10.0 Å². The standard InChI is InChI=1S/C13H11Cl2NO6S/c14-8-3-9(15)10(2-7(8)12(17)18)23(21,22)16-4-5-1-6(5)11(16)13(19)20/h2-3,5-6,11H,1,4H2,(H,17,18)(H,19,20)/t5-,6-,11+/m0/s1. The first kappa shape index (κ1) is 16.5. The van der Waals surface area contributed by atoms with E-state index in [1.165, 1.54) is 0 Å². The number of aliphatic carboxylic acids is 1. The number of rotatable bonds is 4. The van der Waals surface area contributed by atoms with E-state index in [0.717, 1.165) is 16.4 Å². The average molecular weight is 380 g/mol. The molecule has 10 heteroatoms.